The number of sulfonamides is 1. The molecule has 1 aromatic carbocycles. The number of carboxylic acid groups (broad SMARTS) is 1. The molecule has 0 fully saturated rings. The van der Waals surface area contributed by atoms with Gasteiger partial charge in [0.2, 0.25) is 10.0 Å². The van der Waals surface area contributed by atoms with Gasteiger partial charge in [0.1, 0.15) is 6.04 Å². The summed E-state index contributed by atoms with van der Waals surface area (Å²) >= 11 is 0. The van der Waals surface area contributed by atoms with E-state index in [4.69, 9.17) is 10.8 Å². The molecule has 8 heteroatoms. The highest BCUT2D eigenvalue weighted by Gasteiger charge is 2.23. The van der Waals surface area contributed by atoms with Gasteiger partial charge in [-0.05, 0) is 19.1 Å². The van der Waals surface area contributed by atoms with Gasteiger partial charge in [-0.1, -0.05) is 17.7 Å². The van der Waals surface area contributed by atoms with E-state index in [-0.39, 0.29) is 23.8 Å². The van der Waals surface area contributed by atoms with E-state index in [1.807, 2.05) is 11.6 Å². The Morgan fingerprint density at radius 1 is 1.39 bits per heavy atom. The predicted octanol–water partition coefficient (Wildman–Crippen LogP) is 0.107. The van der Waals surface area contributed by atoms with Crippen molar-refractivity contribution < 1.29 is 18.3 Å². The molecule has 0 bridgehead atoms. The molecule has 0 aliphatic carbocycles. The number of rotatable bonds is 5. The molecule has 0 amide bonds. The van der Waals surface area contributed by atoms with Gasteiger partial charge in [0, 0.05) is 6.54 Å². The molecule has 0 aliphatic heterocycles. The molecule has 0 radical (unpaired) electrons. The number of nitrogens with two attached hydrogens (primary N) is 1. The van der Waals surface area contributed by atoms with Crippen LogP contribution in [0.3, 0.4) is 0 Å². The van der Waals surface area contributed by atoms with Crippen molar-refractivity contribution in [1.82, 2.24) is 4.72 Å². The lowest BCUT2D eigenvalue weighted by molar-refractivity contribution is -0.138. The van der Waals surface area contributed by atoms with Crippen molar-refractivity contribution in [2.45, 2.75) is 17.9 Å². The van der Waals surface area contributed by atoms with Crippen LogP contribution in [-0.2, 0) is 14.8 Å². The summed E-state index contributed by atoms with van der Waals surface area (Å²) in [6.07, 6.45) is 0. The lowest BCUT2D eigenvalue weighted by Gasteiger charge is -2.12. The molecule has 0 heterocycles. The van der Waals surface area contributed by atoms with Gasteiger partial charge in [-0.25, -0.2) is 8.42 Å². The van der Waals surface area contributed by atoms with Crippen LogP contribution in [0.5, 0.6) is 0 Å². The standard InChI is InChI=1S/C10H14N2O4S.ClH/c1-7-2-4-8(5-3-7)17(15,16)12-9(6-11)10(13)14;/h2-5,9,12H,6,11H2,1H3,(H,13,14);1H. The summed E-state index contributed by atoms with van der Waals surface area (Å²) in [5.74, 6) is -1.30. The topological polar surface area (TPSA) is 109 Å². The van der Waals surface area contributed by atoms with Gasteiger partial charge in [-0.3, -0.25) is 4.79 Å². The molecular weight excluding hydrogens is 280 g/mol. The molecular formula is C10H15ClN2O4S. The molecule has 0 spiro atoms. The van der Waals surface area contributed by atoms with E-state index in [0.29, 0.717) is 0 Å². The molecule has 0 aliphatic rings. The Bertz CT molecular complexity index is 501. The number of halogens is 1. The number of aryl methyl sites for hydroxylation is 1. The van der Waals surface area contributed by atoms with Gasteiger partial charge in [0.25, 0.3) is 0 Å². The molecule has 1 atom stereocenters. The first-order chi connectivity index (χ1) is 7.86. The highest BCUT2D eigenvalue weighted by molar-refractivity contribution is 7.89. The van der Waals surface area contributed by atoms with E-state index in [1.54, 1.807) is 12.1 Å². The highest BCUT2D eigenvalue weighted by atomic mass is 35.5. The predicted molar refractivity (Wildman–Crippen MR) is 69.2 cm³/mol. The fraction of sp³-hybridized carbons (Fsp3) is 0.300. The number of carboxylic acids is 1. The first-order valence-electron chi connectivity index (χ1n) is 4.88. The largest absolute Gasteiger partial charge is 0.480 e. The summed E-state index contributed by atoms with van der Waals surface area (Å²) in [6, 6.07) is 4.76. The maximum atomic E-state index is 11.8. The molecule has 0 aromatic heterocycles. The van der Waals surface area contributed by atoms with Crippen molar-refractivity contribution in [2.24, 2.45) is 5.73 Å². The molecule has 1 unspecified atom stereocenters. The lowest BCUT2D eigenvalue weighted by Crippen LogP contribution is -2.45. The monoisotopic (exact) mass is 294 g/mol. The van der Waals surface area contributed by atoms with E-state index < -0.39 is 22.0 Å². The second-order valence-corrected chi connectivity index (χ2v) is 5.27. The SMILES string of the molecule is Cc1ccc(S(=O)(=O)NC(CN)C(=O)O)cc1.Cl. The van der Waals surface area contributed by atoms with Gasteiger partial charge >= 0.3 is 5.97 Å². The second kappa shape index (κ2) is 6.69. The Hall–Kier alpha value is -1.15. The zero-order valence-electron chi connectivity index (χ0n) is 9.66. The third kappa shape index (κ3) is 4.26. The lowest BCUT2D eigenvalue weighted by atomic mass is 10.2. The molecule has 0 saturated carbocycles. The Labute approximate surface area is 112 Å². The molecule has 4 N–H and O–H groups in total. The third-order valence-corrected chi connectivity index (χ3v) is 3.65. The smallest absolute Gasteiger partial charge is 0.323 e. The minimum Gasteiger partial charge on any atom is -0.480 e. The Balaban J connectivity index is 0.00000289. The maximum absolute atomic E-state index is 11.8. The zero-order valence-corrected chi connectivity index (χ0v) is 11.3. The summed E-state index contributed by atoms with van der Waals surface area (Å²) in [5, 5.41) is 8.72. The summed E-state index contributed by atoms with van der Waals surface area (Å²) in [6.45, 7) is 1.52. The molecule has 1 rings (SSSR count). The number of carbonyl (C=O) groups is 1. The first kappa shape index (κ1) is 16.9. The molecule has 0 saturated heterocycles. The summed E-state index contributed by atoms with van der Waals surface area (Å²) < 4.78 is 25.6. The number of benzene rings is 1. The number of hydrogen-bond acceptors (Lipinski definition) is 4. The fourth-order valence-corrected chi connectivity index (χ4v) is 2.37. The van der Waals surface area contributed by atoms with E-state index in [0.717, 1.165) is 5.56 Å². The van der Waals surface area contributed by atoms with Gasteiger partial charge in [-0.15, -0.1) is 12.4 Å². The minimum absolute atomic E-state index is 0. The zero-order chi connectivity index (χ0) is 13.1. The fourth-order valence-electron chi connectivity index (χ4n) is 1.17. The van der Waals surface area contributed by atoms with E-state index in [1.165, 1.54) is 12.1 Å². The Morgan fingerprint density at radius 3 is 2.28 bits per heavy atom. The molecule has 1 aromatic rings. The molecule has 102 valence electrons. The van der Waals surface area contributed by atoms with Gasteiger partial charge in [0.05, 0.1) is 4.90 Å². The third-order valence-electron chi connectivity index (χ3n) is 2.16. The van der Waals surface area contributed by atoms with Crippen molar-refractivity contribution in [3.8, 4) is 0 Å². The van der Waals surface area contributed by atoms with E-state index >= 15 is 0 Å². The number of aliphatic carboxylic acids is 1. The minimum atomic E-state index is -3.84. The van der Waals surface area contributed by atoms with Gasteiger partial charge in [0.15, 0.2) is 0 Å². The average molecular weight is 295 g/mol. The van der Waals surface area contributed by atoms with E-state index in [2.05, 4.69) is 0 Å². The number of hydrogen-bond donors (Lipinski definition) is 3. The van der Waals surface area contributed by atoms with Crippen LogP contribution in [0.4, 0.5) is 0 Å². The van der Waals surface area contributed by atoms with Crippen molar-refractivity contribution in [1.29, 1.82) is 0 Å². The van der Waals surface area contributed by atoms with Gasteiger partial charge in [-0.2, -0.15) is 4.72 Å². The van der Waals surface area contributed by atoms with Crippen LogP contribution in [0.1, 0.15) is 5.56 Å². The van der Waals surface area contributed by atoms with Crippen molar-refractivity contribution in [2.75, 3.05) is 6.54 Å². The van der Waals surface area contributed by atoms with Crippen LogP contribution in [-0.4, -0.2) is 32.1 Å². The van der Waals surface area contributed by atoms with Crippen LogP contribution in [0.15, 0.2) is 29.2 Å². The van der Waals surface area contributed by atoms with Crippen LogP contribution in [0, 0.1) is 6.92 Å². The Morgan fingerprint density at radius 2 is 1.89 bits per heavy atom. The molecule has 6 nitrogen and oxygen atoms in total. The number of nitrogens with one attached hydrogen (secondary N) is 1. The Kier molecular flexibility index (Phi) is 6.27. The van der Waals surface area contributed by atoms with E-state index in [9.17, 15) is 13.2 Å². The van der Waals surface area contributed by atoms with Gasteiger partial charge < -0.3 is 10.8 Å². The van der Waals surface area contributed by atoms with Crippen LogP contribution in [0.25, 0.3) is 0 Å². The summed E-state index contributed by atoms with van der Waals surface area (Å²) in [4.78, 5) is 10.7. The van der Waals surface area contributed by atoms with Crippen molar-refractivity contribution in [3.63, 3.8) is 0 Å². The quantitative estimate of drug-likeness (QED) is 0.714. The maximum Gasteiger partial charge on any atom is 0.323 e. The normalized spacial score (nSPS) is 12.6. The molecule has 18 heavy (non-hydrogen) atoms. The second-order valence-electron chi connectivity index (χ2n) is 3.56. The highest BCUT2D eigenvalue weighted by Crippen LogP contribution is 2.10. The van der Waals surface area contributed by atoms with Crippen molar-refractivity contribution >= 4 is 28.4 Å². The van der Waals surface area contributed by atoms with Crippen LogP contribution >= 0.6 is 12.4 Å². The summed E-state index contributed by atoms with van der Waals surface area (Å²) in [5.41, 5.74) is 6.09. The van der Waals surface area contributed by atoms with Crippen molar-refractivity contribution in [3.05, 3.63) is 29.8 Å². The first-order valence-corrected chi connectivity index (χ1v) is 6.37. The van der Waals surface area contributed by atoms with Crippen LogP contribution < -0.4 is 10.5 Å². The average Bonchev–Trinajstić information content (AvgIpc) is 2.26. The summed E-state index contributed by atoms with van der Waals surface area (Å²) in [7, 11) is -3.84. The van der Waals surface area contributed by atoms with Crippen LogP contribution in [0.2, 0.25) is 0 Å².